The molecule has 3 heterocycles. The predicted molar refractivity (Wildman–Crippen MR) is 82.8 cm³/mol. The van der Waals surface area contributed by atoms with E-state index in [1.54, 1.807) is 6.20 Å². The van der Waals surface area contributed by atoms with E-state index < -0.39 is 6.10 Å². The van der Waals surface area contributed by atoms with Gasteiger partial charge in [-0.15, -0.1) is 0 Å². The molecule has 2 fully saturated rings. The van der Waals surface area contributed by atoms with Crippen molar-refractivity contribution in [3.63, 3.8) is 0 Å². The fourth-order valence-corrected chi connectivity index (χ4v) is 2.75. The second-order valence-electron chi connectivity index (χ2n) is 5.55. The number of aromatic nitrogens is 1. The third-order valence-corrected chi connectivity index (χ3v) is 4.04. The maximum atomic E-state index is 12.1. The molecule has 1 aromatic rings. The van der Waals surface area contributed by atoms with E-state index in [0.29, 0.717) is 18.8 Å². The van der Waals surface area contributed by atoms with Crippen LogP contribution in [-0.2, 0) is 14.3 Å². The second-order valence-corrected chi connectivity index (χ2v) is 5.55. The van der Waals surface area contributed by atoms with Gasteiger partial charge in [-0.3, -0.25) is 4.79 Å². The third-order valence-electron chi connectivity index (χ3n) is 4.04. The molecule has 0 unspecified atom stereocenters. The number of rotatable bonds is 4. The Hall–Kier alpha value is -1.70. The average Bonchev–Trinajstić information content (AvgIpc) is 3.06. The van der Waals surface area contributed by atoms with Gasteiger partial charge < -0.3 is 25.4 Å². The zero-order valence-electron chi connectivity index (χ0n) is 12.5. The molecule has 2 saturated heterocycles. The first-order valence-corrected chi connectivity index (χ1v) is 7.71. The average molecular weight is 306 g/mol. The van der Waals surface area contributed by atoms with Crippen molar-refractivity contribution < 1.29 is 14.3 Å². The number of nitrogens with zero attached hydrogens (tertiary/aromatic N) is 2. The summed E-state index contributed by atoms with van der Waals surface area (Å²) in [5, 5.41) is 2.80. The van der Waals surface area contributed by atoms with Crippen LogP contribution in [0.2, 0.25) is 0 Å². The molecule has 0 bridgehead atoms. The Morgan fingerprint density at radius 3 is 2.82 bits per heavy atom. The molecule has 0 radical (unpaired) electrons. The van der Waals surface area contributed by atoms with Crippen LogP contribution in [0.1, 0.15) is 12.8 Å². The Morgan fingerprint density at radius 2 is 2.18 bits per heavy atom. The van der Waals surface area contributed by atoms with E-state index in [0.717, 1.165) is 38.4 Å². The summed E-state index contributed by atoms with van der Waals surface area (Å²) in [5.41, 5.74) is 6.60. The molecule has 7 nitrogen and oxygen atoms in total. The van der Waals surface area contributed by atoms with E-state index >= 15 is 0 Å². The summed E-state index contributed by atoms with van der Waals surface area (Å²) in [7, 11) is 0. The highest BCUT2D eigenvalue weighted by Crippen LogP contribution is 2.21. The van der Waals surface area contributed by atoms with Gasteiger partial charge in [-0.1, -0.05) is 0 Å². The van der Waals surface area contributed by atoms with Crippen molar-refractivity contribution in [3.05, 3.63) is 18.3 Å². The zero-order valence-corrected chi connectivity index (χ0v) is 12.5. The number of hydrogen-bond acceptors (Lipinski definition) is 6. The number of hydrogen-bond donors (Lipinski definition) is 2. The molecule has 22 heavy (non-hydrogen) atoms. The molecule has 120 valence electrons. The normalized spacial score (nSPS) is 25.2. The van der Waals surface area contributed by atoms with E-state index in [9.17, 15) is 4.79 Å². The number of carbonyl (C=O) groups excluding carboxylic acids is 1. The number of pyridine rings is 1. The number of morpholine rings is 1. The van der Waals surface area contributed by atoms with Crippen molar-refractivity contribution in [2.24, 2.45) is 5.73 Å². The minimum absolute atomic E-state index is 0.00703. The van der Waals surface area contributed by atoms with Crippen molar-refractivity contribution in [1.29, 1.82) is 0 Å². The summed E-state index contributed by atoms with van der Waals surface area (Å²) in [5.74, 6) is 0.393. The first-order chi connectivity index (χ1) is 10.8. The summed E-state index contributed by atoms with van der Waals surface area (Å²) >= 11 is 0. The van der Waals surface area contributed by atoms with Crippen LogP contribution >= 0.6 is 0 Å². The Kier molecular flexibility index (Phi) is 4.87. The van der Waals surface area contributed by atoms with Crippen LogP contribution in [-0.4, -0.2) is 55.9 Å². The molecule has 0 aromatic carbocycles. The molecule has 1 aromatic heterocycles. The SMILES string of the molecule is NC[C@H]1CC[C@@H](C(=O)Nc2ccc(N3CCOCC3)cn2)O1. The first-order valence-electron chi connectivity index (χ1n) is 7.71. The third kappa shape index (κ3) is 3.55. The van der Waals surface area contributed by atoms with E-state index in [4.69, 9.17) is 15.2 Å². The van der Waals surface area contributed by atoms with E-state index in [1.807, 2.05) is 12.1 Å². The lowest BCUT2D eigenvalue weighted by atomic mass is 10.2. The van der Waals surface area contributed by atoms with Crippen LogP contribution < -0.4 is 16.0 Å². The van der Waals surface area contributed by atoms with Crippen molar-refractivity contribution in [1.82, 2.24) is 4.98 Å². The lowest BCUT2D eigenvalue weighted by molar-refractivity contribution is -0.126. The largest absolute Gasteiger partial charge is 0.378 e. The monoisotopic (exact) mass is 306 g/mol. The molecular weight excluding hydrogens is 284 g/mol. The molecule has 2 aliphatic rings. The fraction of sp³-hybridized carbons (Fsp3) is 0.600. The van der Waals surface area contributed by atoms with E-state index in [1.165, 1.54) is 0 Å². The van der Waals surface area contributed by atoms with Gasteiger partial charge in [0.1, 0.15) is 11.9 Å². The topological polar surface area (TPSA) is 89.7 Å². The Labute approximate surface area is 129 Å². The standard InChI is InChI=1S/C15H22N4O3/c16-9-12-2-3-13(22-12)15(20)18-14-4-1-11(10-17-14)19-5-7-21-8-6-19/h1,4,10,12-13H,2-3,5-9,16H2,(H,17,18,20)/t12-,13+/m1/s1. The minimum Gasteiger partial charge on any atom is -0.378 e. The van der Waals surface area contributed by atoms with Gasteiger partial charge in [-0.05, 0) is 25.0 Å². The Balaban J connectivity index is 1.55. The second kappa shape index (κ2) is 7.04. The number of nitrogens with one attached hydrogen (secondary N) is 1. The molecule has 2 aliphatic heterocycles. The number of nitrogens with two attached hydrogens (primary N) is 1. The van der Waals surface area contributed by atoms with Gasteiger partial charge in [-0.25, -0.2) is 4.98 Å². The first kappa shape index (κ1) is 15.2. The van der Waals surface area contributed by atoms with E-state index in [-0.39, 0.29) is 12.0 Å². The minimum atomic E-state index is -0.422. The molecule has 3 N–H and O–H groups in total. The number of ether oxygens (including phenoxy) is 2. The molecule has 0 saturated carbocycles. The lowest BCUT2D eigenvalue weighted by Gasteiger charge is -2.28. The summed E-state index contributed by atoms with van der Waals surface area (Å²) in [4.78, 5) is 18.6. The zero-order chi connectivity index (χ0) is 15.4. The number of anilines is 2. The summed E-state index contributed by atoms with van der Waals surface area (Å²) in [6.07, 6.45) is 2.89. The molecule has 3 rings (SSSR count). The highest BCUT2D eigenvalue weighted by Gasteiger charge is 2.30. The van der Waals surface area contributed by atoms with Crippen molar-refractivity contribution in [3.8, 4) is 0 Å². The molecule has 7 heteroatoms. The number of carbonyl (C=O) groups is 1. The lowest BCUT2D eigenvalue weighted by Crippen LogP contribution is -2.36. The van der Waals surface area contributed by atoms with Crippen LogP contribution in [0.4, 0.5) is 11.5 Å². The fourth-order valence-electron chi connectivity index (χ4n) is 2.75. The van der Waals surface area contributed by atoms with Crippen LogP contribution in [0, 0.1) is 0 Å². The van der Waals surface area contributed by atoms with Crippen LogP contribution in [0.5, 0.6) is 0 Å². The molecular formula is C15H22N4O3. The van der Waals surface area contributed by atoms with Gasteiger partial charge in [0.25, 0.3) is 5.91 Å². The smallest absolute Gasteiger partial charge is 0.254 e. The van der Waals surface area contributed by atoms with Gasteiger partial charge in [0, 0.05) is 19.6 Å². The van der Waals surface area contributed by atoms with Crippen LogP contribution in [0.15, 0.2) is 18.3 Å². The van der Waals surface area contributed by atoms with Gasteiger partial charge >= 0.3 is 0 Å². The van der Waals surface area contributed by atoms with E-state index in [2.05, 4.69) is 15.2 Å². The summed E-state index contributed by atoms with van der Waals surface area (Å²) in [6, 6.07) is 3.78. The molecule has 1 amide bonds. The van der Waals surface area contributed by atoms with Gasteiger partial charge in [0.2, 0.25) is 0 Å². The van der Waals surface area contributed by atoms with Crippen LogP contribution in [0.3, 0.4) is 0 Å². The van der Waals surface area contributed by atoms with Gasteiger partial charge in [-0.2, -0.15) is 0 Å². The highest BCUT2D eigenvalue weighted by molar-refractivity contribution is 5.93. The Bertz CT molecular complexity index is 502. The quantitative estimate of drug-likeness (QED) is 0.835. The van der Waals surface area contributed by atoms with Crippen molar-refractivity contribution >= 4 is 17.4 Å². The van der Waals surface area contributed by atoms with Gasteiger partial charge in [0.05, 0.1) is 31.2 Å². The van der Waals surface area contributed by atoms with Crippen molar-refractivity contribution in [2.45, 2.75) is 25.0 Å². The maximum Gasteiger partial charge on any atom is 0.254 e. The van der Waals surface area contributed by atoms with Crippen molar-refractivity contribution in [2.75, 3.05) is 43.1 Å². The van der Waals surface area contributed by atoms with Gasteiger partial charge in [0.15, 0.2) is 0 Å². The summed E-state index contributed by atoms with van der Waals surface area (Å²) in [6.45, 7) is 3.66. The Morgan fingerprint density at radius 1 is 1.36 bits per heavy atom. The maximum absolute atomic E-state index is 12.1. The predicted octanol–water partition coefficient (Wildman–Crippen LogP) is 0.363. The van der Waals surface area contributed by atoms with Crippen LogP contribution in [0.25, 0.3) is 0 Å². The highest BCUT2D eigenvalue weighted by atomic mass is 16.5. The number of amides is 1. The molecule has 0 aliphatic carbocycles. The molecule has 0 spiro atoms. The summed E-state index contributed by atoms with van der Waals surface area (Å²) < 4.78 is 10.9. The molecule has 2 atom stereocenters.